The summed E-state index contributed by atoms with van der Waals surface area (Å²) in [5.74, 6) is 0. The van der Waals surface area contributed by atoms with Gasteiger partial charge in [-0.25, -0.2) is 0 Å². The van der Waals surface area contributed by atoms with Gasteiger partial charge in [0.05, 0.1) is 6.20 Å². The van der Waals surface area contributed by atoms with E-state index in [2.05, 4.69) is 41.9 Å². The Hall–Kier alpha value is -0.310. The molecular weight excluding hydrogens is 194 g/mol. The number of halogens is 1. The standard InChI is InChI=1S/C7H10BrNO/c1-7(2,3)5-4-9-10-6(5)8/h4H,1-3H3. The summed E-state index contributed by atoms with van der Waals surface area (Å²) < 4.78 is 5.59. The maximum atomic E-state index is 4.86. The topological polar surface area (TPSA) is 26.0 Å². The molecule has 0 bridgehead atoms. The van der Waals surface area contributed by atoms with Crippen LogP contribution in [0.4, 0.5) is 0 Å². The molecule has 1 aromatic heterocycles. The second-order valence-electron chi connectivity index (χ2n) is 3.26. The van der Waals surface area contributed by atoms with Crippen LogP contribution in [0.1, 0.15) is 26.3 Å². The molecular formula is C7H10BrNO. The molecule has 0 radical (unpaired) electrons. The summed E-state index contributed by atoms with van der Waals surface area (Å²) in [6, 6.07) is 0. The van der Waals surface area contributed by atoms with Crippen LogP contribution in [0, 0.1) is 0 Å². The fraction of sp³-hybridized carbons (Fsp3) is 0.571. The smallest absolute Gasteiger partial charge is 0.205 e. The summed E-state index contributed by atoms with van der Waals surface area (Å²) in [5, 5.41) is 3.67. The Morgan fingerprint density at radius 3 is 2.30 bits per heavy atom. The van der Waals surface area contributed by atoms with Crippen LogP contribution in [0.15, 0.2) is 15.4 Å². The minimum atomic E-state index is 0.110. The van der Waals surface area contributed by atoms with Gasteiger partial charge in [-0.15, -0.1) is 0 Å². The first-order valence-electron chi connectivity index (χ1n) is 3.12. The molecule has 0 aliphatic heterocycles. The van der Waals surface area contributed by atoms with Crippen molar-refractivity contribution in [3.63, 3.8) is 0 Å². The Balaban J connectivity index is 3.05. The van der Waals surface area contributed by atoms with Gasteiger partial charge in [0.15, 0.2) is 0 Å². The summed E-state index contributed by atoms with van der Waals surface area (Å²) in [4.78, 5) is 0. The lowest BCUT2D eigenvalue weighted by Gasteiger charge is -2.14. The van der Waals surface area contributed by atoms with Gasteiger partial charge in [0.2, 0.25) is 4.67 Å². The van der Waals surface area contributed by atoms with Crippen molar-refractivity contribution in [1.82, 2.24) is 5.16 Å². The van der Waals surface area contributed by atoms with Crippen LogP contribution < -0.4 is 0 Å². The molecule has 0 atom stereocenters. The zero-order valence-electron chi connectivity index (χ0n) is 6.31. The van der Waals surface area contributed by atoms with E-state index in [1.807, 2.05) is 0 Å². The highest BCUT2D eigenvalue weighted by molar-refractivity contribution is 9.10. The molecule has 0 fully saturated rings. The van der Waals surface area contributed by atoms with Gasteiger partial charge >= 0.3 is 0 Å². The van der Waals surface area contributed by atoms with Crippen LogP contribution >= 0.6 is 15.9 Å². The molecule has 56 valence electrons. The second-order valence-corrected chi connectivity index (χ2v) is 3.98. The van der Waals surface area contributed by atoms with Crippen molar-refractivity contribution in [3.8, 4) is 0 Å². The van der Waals surface area contributed by atoms with Gasteiger partial charge in [0.25, 0.3) is 0 Å². The summed E-state index contributed by atoms with van der Waals surface area (Å²) in [7, 11) is 0. The van der Waals surface area contributed by atoms with Gasteiger partial charge in [-0.1, -0.05) is 25.9 Å². The maximum absolute atomic E-state index is 4.86. The van der Waals surface area contributed by atoms with Crippen molar-refractivity contribution < 1.29 is 4.52 Å². The predicted molar refractivity (Wildman–Crippen MR) is 42.9 cm³/mol. The average molecular weight is 204 g/mol. The predicted octanol–water partition coefficient (Wildman–Crippen LogP) is 2.73. The third-order valence-electron chi connectivity index (χ3n) is 1.33. The zero-order chi connectivity index (χ0) is 7.78. The van der Waals surface area contributed by atoms with Crippen LogP contribution in [0.5, 0.6) is 0 Å². The van der Waals surface area contributed by atoms with E-state index >= 15 is 0 Å². The molecule has 0 unspecified atom stereocenters. The molecule has 1 aromatic rings. The van der Waals surface area contributed by atoms with Crippen LogP contribution in [-0.4, -0.2) is 5.16 Å². The van der Waals surface area contributed by atoms with Gasteiger partial charge in [0.1, 0.15) is 0 Å². The first kappa shape index (κ1) is 7.79. The van der Waals surface area contributed by atoms with Crippen LogP contribution in [0.2, 0.25) is 0 Å². The molecule has 0 aliphatic carbocycles. The Kier molecular flexibility index (Phi) is 1.86. The fourth-order valence-corrected chi connectivity index (χ4v) is 1.49. The molecule has 0 N–H and O–H groups in total. The third-order valence-corrected chi connectivity index (χ3v) is 1.91. The summed E-state index contributed by atoms with van der Waals surface area (Å²) in [6.07, 6.45) is 1.74. The van der Waals surface area contributed by atoms with E-state index in [0.29, 0.717) is 0 Å². The zero-order valence-corrected chi connectivity index (χ0v) is 7.90. The minimum Gasteiger partial charge on any atom is -0.349 e. The van der Waals surface area contributed by atoms with Gasteiger partial charge in [-0.05, 0) is 21.3 Å². The summed E-state index contributed by atoms with van der Waals surface area (Å²) >= 11 is 3.27. The van der Waals surface area contributed by atoms with E-state index in [9.17, 15) is 0 Å². The number of aromatic nitrogens is 1. The van der Waals surface area contributed by atoms with Crippen molar-refractivity contribution in [2.45, 2.75) is 26.2 Å². The lowest BCUT2D eigenvalue weighted by atomic mass is 9.90. The first-order valence-corrected chi connectivity index (χ1v) is 3.92. The van der Waals surface area contributed by atoms with Gasteiger partial charge in [0, 0.05) is 5.56 Å². The Morgan fingerprint density at radius 2 is 2.10 bits per heavy atom. The highest BCUT2D eigenvalue weighted by Gasteiger charge is 2.19. The Morgan fingerprint density at radius 1 is 1.50 bits per heavy atom. The van der Waals surface area contributed by atoms with Crippen LogP contribution in [0.25, 0.3) is 0 Å². The minimum absolute atomic E-state index is 0.110. The molecule has 1 rings (SSSR count). The SMILES string of the molecule is CC(C)(C)c1cnoc1Br. The molecule has 2 nitrogen and oxygen atoms in total. The number of hydrogen-bond acceptors (Lipinski definition) is 2. The van der Waals surface area contributed by atoms with Crippen LogP contribution in [0.3, 0.4) is 0 Å². The summed E-state index contributed by atoms with van der Waals surface area (Å²) in [5.41, 5.74) is 1.21. The van der Waals surface area contributed by atoms with Crippen molar-refractivity contribution in [2.24, 2.45) is 0 Å². The van der Waals surface area contributed by atoms with E-state index in [4.69, 9.17) is 4.52 Å². The van der Waals surface area contributed by atoms with E-state index in [1.165, 1.54) is 0 Å². The van der Waals surface area contributed by atoms with Crippen molar-refractivity contribution in [2.75, 3.05) is 0 Å². The first-order chi connectivity index (χ1) is 4.52. The molecule has 3 heteroatoms. The Bertz CT molecular complexity index is 224. The lowest BCUT2D eigenvalue weighted by molar-refractivity contribution is 0.395. The number of rotatable bonds is 0. The summed E-state index contributed by atoms with van der Waals surface area (Å²) in [6.45, 7) is 6.35. The molecule has 0 spiro atoms. The maximum Gasteiger partial charge on any atom is 0.205 e. The average Bonchev–Trinajstić information content (AvgIpc) is 2.11. The molecule has 1 heterocycles. The molecule has 0 aromatic carbocycles. The van der Waals surface area contributed by atoms with Crippen molar-refractivity contribution in [3.05, 3.63) is 16.4 Å². The molecule has 0 amide bonds. The van der Waals surface area contributed by atoms with Gasteiger partial charge < -0.3 is 4.52 Å². The largest absolute Gasteiger partial charge is 0.349 e. The molecule has 0 aliphatic rings. The van der Waals surface area contributed by atoms with Gasteiger partial charge in [-0.2, -0.15) is 0 Å². The fourth-order valence-electron chi connectivity index (χ4n) is 0.714. The highest BCUT2D eigenvalue weighted by atomic mass is 79.9. The highest BCUT2D eigenvalue weighted by Crippen LogP contribution is 2.28. The van der Waals surface area contributed by atoms with Crippen molar-refractivity contribution in [1.29, 1.82) is 0 Å². The molecule has 10 heavy (non-hydrogen) atoms. The van der Waals surface area contributed by atoms with E-state index in [0.717, 1.165) is 10.2 Å². The van der Waals surface area contributed by atoms with Crippen LogP contribution in [-0.2, 0) is 5.41 Å². The molecule has 0 saturated heterocycles. The quantitative estimate of drug-likeness (QED) is 0.649. The lowest BCUT2D eigenvalue weighted by Crippen LogP contribution is -2.09. The van der Waals surface area contributed by atoms with Crippen molar-refractivity contribution >= 4 is 15.9 Å². The second kappa shape index (κ2) is 2.38. The molecule has 0 saturated carbocycles. The van der Waals surface area contributed by atoms with E-state index in [1.54, 1.807) is 6.20 Å². The third kappa shape index (κ3) is 1.40. The van der Waals surface area contributed by atoms with Gasteiger partial charge in [-0.3, -0.25) is 0 Å². The Labute approximate surface area is 68.7 Å². The number of hydrogen-bond donors (Lipinski definition) is 0. The number of nitrogens with zero attached hydrogens (tertiary/aromatic N) is 1. The monoisotopic (exact) mass is 203 g/mol. The van der Waals surface area contributed by atoms with E-state index in [-0.39, 0.29) is 5.41 Å². The van der Waals surface area contributed by atoms with E-state index < -0.39 is 0 Å². The normalized spacial score (nSPS) is 12.0.